The summed E-state index contributed by atoms with van der Waals surface area (Å²) < 4.78 is 38.8. The Morgan fingerprint density at radius 2 is 1.68 bits per heavy atom. The van der Waals surface area contributed by atoms with Crippen molar-refractivity contribution in [3.63, 3.8) is 0 Å². The van der Waals surface area contributed by atoms with E-state index in [-0.39, 0.29) is 30.1 Å². The van der Waals surface area contributed by atoms with Crippen molar-refractivity contribution in [3.05, 3.63) is 65.2 Å². The summed E-state index contributed by atoms with van der Waals surface area (Å²) in [6, 6.07) is 11.9. The Hall–Kier alpha value is -3.23. The van der Waals surface area contributed by atoms with Gasteiger partial charge >= 0.3 is 12.2 Å². The predicted octanol–water partition coefficient (Wildman–Crippen LogP) is 4.70. The van der Waals surface area contributed by atoms with Crippen molar-refractivity contribution in [2.45, 2.75) is 57.9 Å². The van der Waals surface area contributed by atoms with Gasteiger partial charge in [-0.1, -0.05) is 24.3 Å². The SMILES string of the molecule is CC(C)(C)NC(=O)NC1CCN(c2ccccc2C(=O)NCc2cccc(C(F)(F)F)c2)CC1. The zero-order valence-electron chi connectivity index (χ0n) is 19.6. The van der Waals surface area contributed by atoms with Crippen molar-refractivity contribution in [1.29, 1.82) is 0 Å². The molecule has 9 heteroatoms. The molecular weight excluding hydrogens is 445 g/mol. The Kier molecular flexibility index (Phi) is 7.74. The summed E-state index contributed by atoms with van der Waals surface area (Å²) in [6.07, 6.45) is -2.96. The molecule has 6 nitrogen and oxygen atoms in total. The maximum atomic E-state index is 12.9. The third-order valence-electron chi connectivity index (χ3n) is 5.52. The average Bonchev–Trinajstić information content (AvgIpc) is 2.76. The number of hydrogen-bond acceptors (Lipinski definition) is 3. The van der Waals surface area contributed by atoms with Crippen LogP contribution >= 0.6 is 0 Å². The second kappa shape index (κ2) is 10.4. The third-order valence-corrected chi connectivity index (χ3v) is 5.52. The Morgan fingerprint density at radius 1 is 1.00 bits per heavy atom. The molecule has 3 rings (SSSR count). The lowest BCUT2D eigenvalue weighted by Crippen LogP contribution is -2.52. The van der Waals surface area contributed by atoms with E-state index in [1.807, 2.05) is 32.9 Å². The van der Waals surface area contributed by atoms with E-state index < -0.39 is 11.7 Å². The molecule has 0 spiro atoms. The van der Waals surface area contributed by atoms with Crippen LogP contribution in [-0.2, 0) is 12.7 Å². The van der Waals surface area contributed by atoms with Gasteiger partial charge in [0.2, 0.25) is 0 Å². The number of amides is 3. The number of rotatable bonds is 5. The minimum Gasteiger partial charge on any atom is -0.371 e. The maximum Gasteiger partial charge on any atom is 0.416 e. The molecule has 0 aromatic heterocycles. The van der Waals surface area contributed by atoms with Gasteiger partial charge in [0.25, 0.3) is 5.91 Å². The number of nitrogens with zero attached hydrogens (tertiary/aromatic N) is 1. The molecule has 0 saturated carbocycles. The molecule has 0 unspecified atom stereocenters. The van der Waals surface area contributed by atoms with Crippen molar-refractivity contribution in [2.75, 3.05) is 18.0 Å². The Labute approximate surface area is 197 Å². The average molecular weight is 477 g/mol. The van der Waals surface area contributed by atoms with Crippen LogP contribution in [0, 0.1) is 0 Å². The number of urea groups is 1. The van der Waals surface area contributed by atoms with E-state index in [0.29, 0.717) is 24.2 Å². The van der Waals surface area contributed by atoms with Gasteiger partial charge in [0.1, 0.15) is 0 Å². The highest BCUT2D eigenvalue weighted by molar-refractivity contribution is 5.99. The maximum absolute atomic E-state index is 12.9. The molecule has 0 aliphatic carbocycles. The first-order chi connectivity index (χ1) is 15.9. The zero-order valence-corrected chi connectivity index (χ0v) is 19.6. The molecule has 2 aromatic carbocycles. The fourth-order valence-corrected chi connectivity index (χ4v) is 3.90. The number of halogens is 3. The molecule has 1 heterocycles. The number of hydrogen-bond donors (Lipinski definition) is 3. The molecule has 34 heavy (non-hydrogen) atoms. The van der Waals surface area contributed by atoms with E-state index in [9.17, 15) is 22.8 Å². The van der Waals surface area contributed by atoms with Crippen LogP contribution in [0.3, 0.4) is 0 Å². The van der Waals surface area contributed by atoms with Gasteiger partial charge in [-0.2, -0.15) is 13.2 Å². The molecule has 1 fully saturated rings. The highest BCUT2D eigenvalue weighted by atomic mass is 19.4. The first-order valence-electron chi connectivity index (χ1n) is 11.3. The lowest BCUT2D eigenvalue weighted by molar-refractivity contribution is -0.137. The summed E-state index contributed by atoms with van der Waals surface area (Å²) >= 11 is 0. The Morgan fingerprint density at radius 3 is 2.32 bits per heavy atom. The number of anilines is 1. The summed E-state index contributed by atoms with van der Waals surface area (Å²) in [6.45, 7) is 7.08. The number of piperidine rings is 1. The largest absolute Gasteiger partial charge is 0.416 e. The quantitative estimate of drug-likeness (QED) is 0.586. The van der Waals surface area contributed by atoms with Crippen LogP contribution < -0.4 is 20.9 Å². The highest BCUT2D eigenvalue weighted by Crippen LogP contribution is 2.29. The molecule has 2 aromatic rings. The monoisotopic (exact) mass is 476 g/mol. The summed E-state index contributed by atoms with van der Waals surface area (Å²) in [5.41, 5.74) is 0.548. The van der Waals surface area contributed by atoms with Crippen LogP contribution in [-0.4, -0.2) is 36.6 Å². The smallest absolute Gasteiger partial charge is 0.371 e. The number of benzene rings is 2. The van der Waals surface area contributed by atoms with Crippen LogP contribution in [0.4, 0.5) is 23.7 Å². The van der Waals surface area contributed by atoms with Crippen LogP contribution in [0.15, 0.2) is 48.5 Å². The van der Waals surface area contributed by atoms with E-state index in [1.165, 1.54) is 6.07 Å². The summed E-state index contributed by atoms with van der Waals surface area (Å²) in [7, 11) is 0. The fraction of sp³-hybridized carbons (Fsp3) is 0.440. The van der Waals surface area contributed by atoms with Gasteiger partial charge in [-0.05, 0) is 63.4 Å². The van der Waals surface area contributed by atoms with Gasteiger partial charge in [0.05, 0.1) is 11.1 Å². The Bertz CT molecular complexity index is 1010. The molecule has 0 bridgehead atoms. The standard InChI is InChI=1S/C25H31F3N4O2/c1-24(2,3)31-23(34)30-19-11-13-32(14-12-19)21-10-5-4-9-20(21)22(33)29-16-17-7-6-8-18(15-17)25(26,27)28/h4-10,15,19H,11-14,16H2,1-3H3,(H,29,33)(H2,30,31,34). The minimum atomic E-state index is -4.43. The molecule has 3 amide bonds. The van der Waals surface area contributed by atoms with Crippen molar-refractivity contribution < 1.29 is 22.8 Å². The van der Waals surface area contributed by atoms with Crippen molar-refractivity contribution in [3.8, 4) is 0 Å². The van der Waals surface area contributed by atoms with E-state index >= 15 is 0 Å². The number of carbonyl (C=O) groups excluding carboxylic acids is 2. The second-order valence-corrected chi connectivity index (χ2v) is 9.51. The molecule has 184 valence electrons. The van der Waals surface area contributed by atoms with Gasteiger partial charge in [-0.3, -0.25) is 4.79 Å². The molecule has 0 atom stereocenters. The van der Waals surface area contributed by atoms with Crippen molar-refractivity contribution in [1.82, 2.24) is 16.0 Å². The highest BCUT2D eigenvalue weighted by Gasteiger charge is 2.30. The second-order valence-electron chi connectivity index (χ2n) is 9.51. The van der Waals surface area contributed by atoms with E-state index in [1.54, 1.807) is 18.2 Å². The normalized spacial score (nSPS) is 15.1. The van der Waals surface area contributed by atoms with Crippen LogP contribution in [0.2, 0.25) is 0 Å². The van der Waals surface area contributed by atoms with Gasteiger partial charge in [-0.25, -0.2) is 4.79 Å². The Balaban J connectivity index is 1.60. The minimum absolute atomic E-state index is 0.00797. The lowest BCUT2D eigenvalue weighted by atomic mass is 10.0. The molecule has 1 aliphatic heterocycles. The topological polar surface area (TPSA) is 73.5 Å². The van der Waals surface area contributed by atoms with Crippen LogP contribution in [0.5, 0.6) is 0 Å². The van der Waals surface area contributed by atoms with Crippen molar-refractivity contribution >= 4 is 17.6 Å². The summed E-state index contributed by atoms with van der Waals surface area (Å²) in [5, 5.41) is 8.63. The summed E-state index contributed by atoms with van der Waals surface area (Å²) in [5.74, 6) is -0.349. The number of para-hydroxylation sites is 1. The van der Waals surface area contributed by atoms with E-state index in [0.717, 1.165) is 30.7 Å². The lowest BCUT2D eigenvalue weighted by Gasteiger charge is -2.35. The zero-order chi connectivity index (χ0) is 24.9. The van der Waals surface area contributed by atoms with Gasteiger partial charge < -0.3 is 20.9 Å². The molecular formula is C25H31F3N4O2. The molecule has 1 saturated heterocycles. The number of carbonyl (C=O) groups is 2. The molecule has 1 aliphatic rings. The predicted molar refractivity (Wildman–Crippen MR) is 126 cm³/mol. The molecule has 0 radical (unpaired) electrons. The van der Waals surface area contributed by atoms with Crippen molar-refractivity contribution in [2.24, 2.45) is 0 Å². The first kappa shape index (κ1) is 25.4. The van der Waals surface area contributed by atoms with Gasteiger partial charge in [-0.15, -0.1) is 0 Å². The van der Waals surface area contributed by atoms with Crippen LogP contribution in [0.25, 0.3) is 0 Å². The summed E-state index contributed by atoms with van der Waals surface area (Å²) in [4.78, 5) is 27.1. The first-order valence-corrected chi connectivity index (χ1v) is 11.3. The number of alkyl halides is 3. The third kappa shape index (κ3) is 7.13. The van der Waals surface area contributed by atoms with Gasteiger partial charge in [0.15, 0.2) is 0 Å². The molecule has 3 N–H and O–H groups in total. The van der Waals surface area contributed by atoms with Crippen LogP contribution in [0.1, 0.15) is 55.1 Å². The van der Waals surface area contributed by atoms with Gasteiger partial charge in [0, 0.05) is 36.9 Å². The fourth-order valence-electron chi connectivity index (χ4n) is 3.90. The number of nitrogens with one attached hydrogen (secondary N) is 3. The van der Waals surface area contributed by atoms with E-state index in [2.05, 4.69) is 20.9 Å². The van der Waals surface area contributed by atoms with E-state index in [4.69, 9.17) is 0 Å².